The van der Waals surface area contributed by atoms with Gasteiger partial charge in [0, 0.05) is 11.3 Å². The summed E-state index contributed by atoms with van der Waals surface area (Å²) in [4.78, 5) is 40.8. The van der Waals surface area contributed by atoms with Gasteiger partial charge in [-0.15, -0.1) is 0 Å². The predicted molar refractivity (Wildman–Crippen MR) is 211 cm³/mol. The quantitative estimate of drug-likeness (QED) is 0.161. The first-order chi connectivity index (χ1) is 27.1. The molecule has 0 aliphatic heterocycles. The van der Waals surface area contributed by atoms with Crippen molar-refractivity contribution in [3.8, 4) is 5.88 Å². The summed E-state index contributed by atoms with van der Waals surface area (Å²) in [5.74, 6) is -0.936. The second kappa shape index (κ2) is 14.6. The van der Waals surface area contributed by atoms with Crippen LogP contribution in [0.15, 0.2) is 68.7 Å². The van der Waals surface area contributed by atoms with Gasteiger partial charge in [0.1, 0.15) is 19.8 Å². The molecule has 316 valence electrons. The van der Waals surface area contributed by atoms with Crippen molar-refractivity contribution in [1.82, 2.24) is 10.5 Å². The summed E-state index contributed by atoms with van der Waals surface area (Å²) < 4.78 is 41.0. The summed E-state index contributed by atoms with van der Waals surface area (Å²) in [6.45, 7) is 15.1. The Balaban J connectivity index is 0.962. The number of esters is 1. The summed E-state index contributed by atoms with van der Waals surface area (Å²) in [5, 5.41) is 28.6. The maximum atomic E-state index is 14.6. The molecule has 5 aliphatic rings. The molecule has 0 bridgehead atoms. The molecule has 0 saturated heterocycles. The molecule has 4 fully saturated rings. The number of carbonyl (C=O) groups is 3. The fourth-order valence-corrected chi connectivity index (χ4v) is 13.7. The standard InChI is InChI=1S/C44H59N3O10S/c1-39(2)32-15-18-44(7)35(42(32,5)17-16-33(39)49)31(48)25-29-30-26-41(4,20-19-40(30,3)21-22-43(29,44)6)38(51)45-27-34(50)55-23-11-12-24-56-36-37(47(52)57-46-36)58(53,54)28-13-9-8-10-14-28/h8-14,25,30,32-33,35,49H,15-24,26-27H2,1-7H3,(H,45,51)/b12-11+/t30-,32-,33-,35+,40+,41-,42-,43+,44+/m0/s1. The minimum absolute atomic E-state index is 0.0386. The third-order valence-electron chi connectivity index (χ3n) is 16.2. The zero-order valence-corrected chi connectivity index (χ0v) is 35.7. The average Bonchev–Trinajstić information content (AvgIpc) is 3.56. The first-order valence-corrected chi connectivity index (χ1v) is 22.2. The van der Waals surface area contributed by atoms with Crippen LogP contribution in [0.3, 0.4) is 0 Å². The molecule has 0 unspecified atom stereocenters. The van der Waals surface area contributed by atoms with Crippen molar-refractivity contribution >= 4 is 27.5 Å². The number of ketones is 1. The van der Waals surface area contributed by atoms with Crippen molar-refractivity contribution in [2.75, 3.05) is 19.8 Å². The van der Waals surface area contributed by atoms with Crippen molar-refractivity contribution in [3.05, 3.63) is 59.3 Å². The SMILES string of the molecule is CC1(C)[C@@H](O)CC[C@]2(C)[C@H]3C(=O)C=C4[C@@H]5C[C@@](C)(C(=O)NCC(=O)OC/C=C/COc6no[n+]([O-])c6S(=O)(=O)c6ccccc6)CC[C@]5(C)CC[C@@]4(C)[C@]3(C)CC[C@@H]12. The van der Waals surface area contributed by atoms with Crippen LogP contribution in [-0.4, -0.2) is 62.2 Å². The highest BCUT2D eigenvalue weighted by Crippen LogP contribution is 2.75. The van der Waals surface area contributed by atoms with Crippen LogP contribution in [0.4, 0.5) is 0 Å². The number of rotatable bonds is 10. The number of ether oxygens (including phenoxy) is 2. The molecule has 2 aromatic rings. The van der Waals surface area contributed by atoms with E-state index in [-0.39, 0.29) is 92.2 Å². The van der Waals surface area contributed by atoms with Gasteiger partial charge >= 0.3 is 16.9 Å². The predicted octanol–water partition coefficient (Wildman–Crippen LogP) is 6.08. The van der Waals surface area contributed by atoms with Crippen LogP contribution in [0.25, 0.3) is 0 Å². The van der Waals surface area contributed by atoms with Crippen LogP contribution in [0.1, 0.15) is 106 Å². The van der Waals surface area contributed by atoms with E-state index in [1.54, 1.807) is 6.07 Å². The maximum Gasteiger partial charge on any atom is 0.415 e. The third-order valence-corrected chi connectivity index (χ3v) is 17.9. The number of aromatic nitrogens is 2. The number of benzene rings is 1. The molecule has 14 heteroatoms. The van der Waals surface area contributed by atoms with Gasteiger partial charge in [0.05, 0.1) is 16.2 Å². The van der Waals surface area contributed by atoms with Crippen LogP contribution < -0.4 is 15.0 Å². The molecule has 1 aromatic carbocycles. The minimum atomic E-state index is -4.26. The van der Waals surface area contributed by atoms with Crippen LogP contribution in [0, 0.1) is 55.5 Å². The van der Waals surface area contributed by atoms with E-state index in [1.807, 2.05) is 13.0 Å². The van der Waals surface area contributed by atoms with Crippen LogP contribution in [0.2, 0.25) is 0 Å². The average molecular weight is 822 g/mol. The monoisotopic (exact) mass is 821 g/mol. The number of aliphatic hydroxyl groups excluding tert-OH is 1. The van der Waals surface area contributed by atoms with Gasteiger partial charge < -0.3 is 25.1 Å². The zero-order chi connectivity index (χ0) is 42.1. The van der Waals surface area contributed by atoms with Crippen LogP contribution in [-0.2, 0) is 29.0 Å². The van der Waals surface area contributed by atoms with Gasteiger partial charge in [0.25, 0.3) is 9.84 Å². The summed E-state index contributed by atoms with van der Waals surface area (Å²) in [5.41, 5.74) is -0.464. The fraction of sp³-hybridized carbons (Fsp3) is 0.659. The molecule has 4 saturated carbocycles. The summed E-state index contributed by atoms with van der Waals surface area (Å²) in [6, 6.07) is 7.34. The number of fused-ring (bicyclic) bond motifs is 7. The summed E-state index contributed by atoms with van der Waals surface area (Å²) >= 11 is 0. The number of nitrogens with zero attached hydrogens (tertiary/aromatic N) is 2. The number of carbonyl (C=O) groups excluding carboxylic acids is 3. The van der Waals surface area contributed by atoms with E-state index in [1.165, 1.54) is 42.0 Å². The first-order valence-electron chi connectivity index (χ1n) is 20.7. The van der Waals surface area contributed by atoms with E-state index in [0.29, 0.717) is 19.3 Å². The molecule has 58 heavy (non-hydrogen) atoms. The minimum Gasteiger partial charge on any atom is -0.460 e. The molecule has 1 heterocycles. The van der Waals surface area contributed by atoms with Gasteiger partial charge in [-0.1, -0.05) is 72.2 Å². The van der Waals surface area contributed by atoms with Crippen LogP contribution in [0.5, 0.6) is 5.88 Å². The van der Waals surface area contributed by atoms with E-state index >= 15 is 0 Å². The number of hydrogen-bond acceptors (Lipinski definition) is 11. The molecule has 2 N–H and O–H groups in total. The molecule has 5 aliphatic carbocycles. The van der Waals surface area contributed by atoms with Gasteiger partial charge in [-0.25, -0.2) is 8.42 Å². The van der Waals surface area contributed by atoms with E-state index < -0.39 is 32.1 Å². The van der Waals surface area contributed by atoms with E-state index in [4.69, 9.17) is 9.47 Å². The molecular weight excluding hydrogens is 763 g/mol. The van der Waals surface area contributed by atoms with Crippen molar-refractivity contribution in [3.63, 3.8) is 0 Å². The maximum absolute atomic E-state index is 14.6. The number of hydrogen-bond donors (Lipinski definition) is 2. The van der Waals surface area contributed by atoms with Crippen molar-refractivity contribution < 1.29 is 46.9 Å². The van der Waals surface area contributed by atoms with E-state index in [0.717, 1.165) is 38.5 Å². The van der Waals surface area contributed by atoms with Gasteiger partial charge in [-0.05, 0) is 132 Å². The topological polar surface area (TPSA) is 189 Å². The Kier molecular flexibility index (Phi) is 10.6. The van der Waals surface area contributed by atoms with Crippen molar-refractivity contribution in [1.29, 1.82) is 0 Å². The van der Waals surface area contributed by atoms with Gasteiger partial charge in [-0.2, -0.15) is 0 Å². The smallest absolute Gasteiger partial charge is 0.415 e. The molecule has 1 aromatic heterocycles. The number of nitrogens with one attached hydrogen (secondary N) is 1. The van der Waals surface area contributed by atoms with Gasteiger partial charge in [-0.3, -0.25) is 19.0 Å². The first kappa shape index (κ1) is 42.1. The number of sulfone groups is 1. The summed E-state index contributed by atoms with van der Waals surface area (Å²) in [7, 11) is -4.26. The van der Waals surface area contributed by atoms with Gasteiger partial charge in [0.15, 0.2) is 5.78 Å². The lowest BCUT2D eigenvalue weighted by Crippen LogP contribution is -2.66. The third kappa shape index (κ3) is 6.60. The molecule has 13 nitrogen and oxygen atoms in total. The number of amides is 1. The van der Waals surface area contributed by atoms with Crippen molar-refractivity contribution in [2.45, 2.75) is 122 Å². The fourth-order valence-electron chi connectivity index (χ4n) is 12.4. The molecule has 0 spiro atoms. The second-order valence-electron chi connectivity index (χ2n) is 19.6. The van der Waals surface area contributed by atoms with Crippen molar-refractivity contribution in [2.24, 2.45) is 50.2 Å². The zero-order valence-electron chi connectivity index (χ0n) is 34.8. The Hall–Kier alpha value is -4.04. The van der Waals surface area contributed by atoms with Crippen LogP contribution >= 0.6 is 0 Å². The largest absolute Gasteiger partial charge is 0.460 e. The Labute approximate surface area is 341 Å². The Morgan fingerprint density at radius 2 is 1.67 bits per heavy atom. The summed E-state index contributed by atoms with van der Waals surface area (Å²) in [6.07, 6.45) is 12.2. The lowest BCUT2D eigenvalue weighted by atomic mass is 9.33. The lowest BCUT2D eigenvalue weighted by Gasteiger charge is -2.70. The molecule has 1 amide bonds. The number of aliphatic hydroxyl groups is 1. The number of allylic oxidation sites excluding steroid dienone is 2. The molecule has 0 radical (unpaired) electrons. The highest BCUT2D eigenvalue weighted by molar-refractivity contribution is 7.91. The molecule has 7 rings (SSSR count). The van der Waals surface area contributed by atoms with Gasteiger partial charge in [0.2, 0.25) is 5.91 Å². The second-order valence-corrected chi connectivity index (χ2v) is 21.5. The highest BCUT2D eigenvalue weighted by atomic mass is 32.2. The normalized spacial score (nSPS) is 36.8. The lowest BCUT2D eigenvalue weighted by molar-refractivity contribution is -0.832. The Bertz CT molecular complexity index is 2130. The molecule has 9 atom stereocenters. The van der Waals surface area contributed by atoms with E-state index in [9.17, 15) is 33.1 Å². The van der Waals surface area contributed by atoms with E-state index in [2.05, 4.69) is 56.6 Å². The Morgan fingerprint density at radius 1 is 0.983 bits per heavy atom. The highest BCUT2D eigenvalue weighted by Gasteiger charge is 2.70. The Morgan fingerprint density at radius 3 is 2.40 bits per heavy atom. The molecular formula is C44H59N3O10S.